The molecular formula is C37H44F12O7S. The Morgan fingerprint density at radius 2 is 1.35 bits per heavy atom. The lowest BCUT2D eigenvalue weighted by molar-refractivity contribution is -0.362. The number of rotatable bonds is 7. The molecule has 1 heterocycles. The molecule has 2 N–H and O–H groups in total. The minimum atomic E-state index is -6.43. The number of fused-ring (bicyclic) bond motifs is 4. The zero-order chi connectivity index (χ0) is 43.1. The maximum atomic E-state index is 15.4. The van der Waals surface area contributed by atoms with Gasteiger partial charge in [-0.3, -0.25) is 0 Å². The van der Waals surface area contributed by atoms with Crippen molar-refractivity contribution >= 4 is 10.1 Å². The van der Waals surface area contributed by atoms with Crippen LogP contribution >= 0.6 is 0 Å². The Morgan fingerprint density at radius 3 is 1.88 bits per heavy atom. The summed E-state index contributed by atoms with van der Waals surface area (Å²) in [6.45, 7) is 4.38. The number of hydrogen-bond donors (Lipinski definition) is 2. The van der Waals surface area contributed by atoms with Gasteiger partial charge in [0.15, 0.2) is 5.79 Å². The van der Waals surface area contributed by atoms with E-state index in [4.69, 9.17) is 9.47 Å². The molecule has 1 aliphatic heterocycles. The van der Waals surface area contributed by atoms with Gasteiger partial charge in [0.25, 0.3) is 5.67 Å². The molecule has 1 saturated heterocycles. The van der Waals surface area contributed by atoms with Crippen LogP contribution in [-0.4, -0.2) is 83.7 Å². The lowest BCUT2D eigenvalue weighted by Crippen LogP contribution is -2.65. The lowest BCUT2D eigenvalue weighted by atomic mass is 9.49. The molecule has 1 aromatic rings. The summed E-state index contributed by atoms with van der Waals surface area (Å²) in [5.74, 6) is -16.7. The molecule has 3 saturated carbocycles. The molecular weight excluding hydrogens is 816 g/mol. The number of ether oxygens (including phenoxy) is 2. The van der Waals surface area contributed by atoms with Gasteiger partial charge in [0.1, 0.15) is 11.4 Å². The Labute approximate surface area is 321 Å². The average molecular weight is 861 g/mol. The van der Waals surface area contributed by atoms with Crippen molar-refractivity contribution in [2.24, 2.45) is 22.7 Å². The first-order valence-electron chi connectivity index (χ1n) is 18.3. The first-order chi connectivity index (χ1) is 25.6. The van der Waals surface area contributed by atoms with Gasteiger partial charge in [-0.1, -0.05) is 38.5 Å². The highest BCUT2D eigenvalue weighted by Gasteiger charge is 2.81. The second-order valence-electron chi connectivity index (χ2n) is 17.8. The summed E-state index contributed by atoms with van der Waals surface area (Å²) in [4.78, 5) is 0. The molecule has 7 nitrogen and oxygen atoms in total. The van der Waals surface area contributed by atoms with Crippen LogP contribution in [0.1, 0.15) is 97.5 Å². The zero-order valence-electron chi connectivity index (χ0n) is 31.5. The number of allylic oxidation sites excluding steroid dienone is 1. The normalized spacial score (nSPS) is 35.5. The lowest BCUT2D eigenvalue weighted by Gasteiger charge is -2.59. The van der Waals surface area contributed by atoms with Gasteiger partial charge < -0.3 is 23.9 Å². The van der Waals surface area contributed by atoms with E-state index < -0.39 is 118 Å². The van der Waals surface area contributed by atoms with Crippen LogP contribution in [0.15, 0.2) is 35.4 Å². The third kappa shape index (κ3) is 6.32. The van der Waals surface area contributed by atoms with Gasteiger partial charge in [0, 0.05) is 29.6 Å². The first kappa shape index (κ1) is 44.3. The predicted octanol–water partition coefficient (Wildman–Crippen LogP) is 9.23. The minimum absolute atomic E-state index is 0.0318. The maximum Gasteiger partial charge on any atom is 0.456 e. The Morgan fingerprint density at radius 1 is 0.789 bits per heavy atom. The van der Waals surface area contributed by atoms with E-state index in [9.17, 15) is 58.1 Å². The fourth-order valence-corrected chi connectivity index (χ4v) is 11.0. The summed E-state index contributed by atoms with van der Waals surface area (Å²) in [6, 6.07) is 3.65. The van der Waals surface area contributed by atoms with Crippen LogP contribution in [-0.2, 0) is 19.6 Å². The van der Waals surface area contributed by atoms with Gasteiger partial charge in [-0.05, 0) is 87.5 Å². The fraction of sp³-hybridized carbons (Fsp3) is 0.784. The van der Waals surface area contributed by atoms with E-state index in [1.54, 1.807) is 0 Å². The maximum absolute atomic E-state index is 15.4. The van der Waals surface area contributed by atoms with Crippen LogP contribution < -0.4 is 4.18 Å². The van der Waals surface area contributed by atoms with Crippen LogP contribution in [0.3, 0.4) is 0 Å². The van der Waals surface area contributed by atoms with Crippen molar-refractivity contribution in [2.75, 3.05) is 13.2 Å². The standard InChI is InChI=1S/C37H44F12O7S/c1-27(2)18-54-32(55-19-27)14-11-25-26-22(10-13-31(25,50)17-32)24-12-15-33(51,35(42,43)37(47,48)49)28(24,3)16-23(26)20-6-8-21(9-7-20)56-57(52,53)30(5,39)34(40,41)29(4,38)36(44,45)46/h6-9,22-24,50-51H,10-19H2,1-5H3. The van der Waals surface area contributed by atoms with E-state index >= 15 is 13.2 Å². The van der Waals surface area contributed by atoms with Crippen molar-refractivity contribution < 1.29 is 85.0 Å². The molecule has 0 radical (unpaired) electrons. The first-order valence-corrected chi connectivity index (χ1v) is 19.7. The van der Waals surface area contributed by atoms with Crippen LogP contribution in [0.5, 0.6) is 5.75 Å². The van der Waals surface area contributed by atoms with Crippen molar-refractivity contribution in [2.45, 2.75) is 144 Å². The summed E-state index contributed by atoms with van der Waals surface area (Å²) in [5, 5.41) is 18.5. The molecule has 6 rings (SSSR count). The summed E-state index contributed by atoms with van der Waals surface area (Å²) in [7, 11) is -6.43. The number of aliphatic hydroxyl groups is 2. The van der Waals surface area contributed by atoms with E-state index in [0.717, 1.165) is 31.2 Å². The molecule has 8 atom stereocenters. The van der Waals surface area contributed by atoms with Gasteiger partial charge in [-0.15, -0.1) is 0 Å². The summed E-state index contributed by atoms with van der Waals surface area (Å²) in [5.41, 5.74) is -12.2. The highest BCUT2D eigenvalue weighted by atomic mass is 32.2. The van der Waals surface area contributed by atoms with Gasteiger partial charge >= 0.3 is 39.3 Å². The van der Waals surface area contributed by atoms with Gasteiger partial charge in [0.2, 0.25) is 0 Å². The van der Waals surface area contributed by atoms with Gasteiger partial charge in [0.05, 0.1) is 18.8 Å². The number of hydrogen-bond acceptors (Lipinski definition) is 7. The van der Waals surface area contributed by atoms with Crippen LogP contribution in [0.25, 0.3) is 0 Å². The molecule has 0 bridgehead atoms. The molecule has 324 valence electrons. The smallest absolute Gasteiger partial charge is 0.385 e. The Balaban J connectivity index is 1.41. The summed E-state index contributed by atoms with van der Waals surface area (Å²) in [6.07, 6.45) is -13.7. The van der Waals surface area contributed by atoms with Crippen molar-refractivity contribution in [3.8, 4) is 5.75 Å². The molecule has 5 aliphatic rings. The molecule has 0 amide bonds. The summed E-state index contributed by atoms with van der Waals surface area (Å²) >= 11 is 0. The molecule has 0 aromatic heterocycles. The van der Waals surface area contributed by atoms with Gasteiger partial charge in [-0.2, -0.15) is 52.3 Å². The van der Waals surface area contributed by atoms with E-state index in [-0.39, 0.29) is 49.5 Å². The molecule has 1 spiro atoms. The Kier molecular flexibility index (Phi) is 9.99. The number of alkyl halides is 12. The molecule has 1 aromatic carbocycles. The molecule has 20 heteroatoms. The SMILES string of the molecule is CC1(C)COC2(CCC3=C4C(c5ccc(OS(=O)(=O)C(C)(F)C(F)(F)C(C)(F)C(F)(F)F)cc5)CC5(C)C(CCC5(O)C(F)(F)C(F)(F)F)C4CCC3(O)C2)OC1. The number of benzene rings is 1. The highest BCUT2D eigenvalue weighted by molar-refractivity contribution is 7.88. The highest BCUT2D eigenvalue weighted by Crippen LogP contribution is 2.71. The molecule has 4 aliphatic carbocycles. The second-order valence-corrected chi connectivity index (χ2v) is 19.6. The Bertz CT molecular complexity index is 1880. The topological polar surface area (TPSA) is 102 Å². The third-order valence-corrected chi connectivity index (χ3v) is 15.1. The quantitative estimate of drug-likeness (QED) is 0.160. The average Bonchev–Trinajstić information content (AvgIpc) is 3.35. The van der Waals surface area contributed by atoms with Crippen molar-refractivity contribution in [3.63, 3.8) is 0 Å². The van der Waals surface area contributed by atoms with E-state index in [1.807, 2.05) is 13.8 Å². The molecule has 57 heavy (non-hydrogen) atoms. The van der Waals surface area contributed by atoms with Crippen molar-refractivity contribution in [1.82, 2.24) is 0 Å². The van der Waals surface area contributed by atoms with Crippen molar-refractivity contribution in [3.05, 3.63) is 41.0 Å². The summed E-state index contributed by atoms with van der Waals surface area (Å²) < 4.78 is 213. The van der Waals surface area contributed by atoms with E-state index in [1.165, 1.54) is 0 Å². The van der Waals surface area contributed by atoms with Crippen molar-refractivity contribution in [1.29, 1.82) is 0 Å². The van der Waals surface area contributed by atoms with Crippen LogP contribution in [0.4, 0.5) is 52.7 Å². The van der Waals surface area contributed by atoms with E-state index in [0.29, 0.717) is 24.4 Å². The van der Waals surface area contributed by atoms with Gasteiger partial charge in [-0.25, -0.2) is 8.78 Å². The second kappa shape index (κ2) is 12.9. The van der Waals surface area contributed by atoms with E-state index in [2.05, 4.69) is 4.18 Å². The molecule has 8 unspecified atom stereocenters. The third-order valence-electron chi connectivity index (χ3n) is 13.5. The number of halogens is 12. The minimum Gasteiger partial charge on any atom is -0.385 e. The largest absolute Gasteiger partial charge is 0.456 e. The van der Waals surface area contributed by atoms with Crippen LogP contribution in [0.2, 0.25) is 0 Å². The zero-order valence-corrected chi connectivity index (χ0v) is 32.3. The fourth-order valence-electron chi connectivity index (χ4n) is 10.0. The Hall–Kier alpha value is -2.29. The molecule has 4 fully saturated rings. The predicted molar refractivity (Wildman–Crippen MR) is 177 cm³/mol. The van der Waals surface area contributed by atoms with Crippen LogP contribution in [0, 0.1) is 22.7 Å². The monoisotopic (exact) mass is 860 g/mol.